The Hall–Kier alpha value is -1.59. The first-order valence-corrected chi connectivity index (χ1v) is 11.2. The van der Waals surface area contributed by atoms with Crippen LogP contribution in [-0.4, -0.2) is 44.9 Å². The van der Waals surface area contributed by atoms with Crippen molar-refractivity contribution in [2.24, 2.45) is 4.99 Å². The molecule has 9 heteroatoms. The molecule has 1 atom stereocenters. The maximum Gasteiger partial charge on any atom is 0.191 e. The Morgan fingerprint density at radius 1 is 1.17 bits per heavy atom. The second-order valence-electron chi connectivity index (χ2n) is 6.80. The molecule has 3 N–H and O–H groups in total. The van der Waals surface area contributed by atoms with Crippen LogP contribution < -0.4 is 10.6 Å². The second-order valence-corrected chi connectivity index (χ2v) is 8.99. The minimum atomic E-state index is -3.16. The van der Waals surface area contributed by atoms with Gasteiger partial charge in [0.15, 0.2) is 15.8 Å². The molecule has 0 amide bonds. The van der Waals surface area contributed by atoms with Gasteiger partial charge in [-0.05, 0) is 38.0 Å². The molecule has 0 saturated carbocycles. The molecule has 1 aromatic carbocycles. The van der Waals surface area contributed by atoms with Crippen molar-refractivity contribution >= 4 is 39.8 Å². The van der Waals surface area contributed by atoms with Gasteiger partial charge in [-0.15, -0.1) is 24.0 Å². The number of furan rings is 1. The third-order valence-electron chi connectivity index (χ3n) is 4.10. The lowest BCUT2D eigenvalue weighted by molar-refractivity contribution is 0.0437. The molecule has 0 radical (unpaired) electrons. The molecule has 29 heavy (non-hydrogen) atoms. The second kappa shape index (κ2) is 12.2. The van der Waals surface area contributed by atoms with Crippen molar-refractivity contribution in [2.45, 2.75) is 31.6 Å². The fraction of sp³-hybridized carbons (Fsp3) is 0.450. The summed E-state index contributed by atoms with van der Waals surface area (Å²) < 4.78 is 29.7. The van der Waals surface area contributed by atoms with Crippen molar-refractivity contribution in [3.63, 3.8) is 0 Å². The molecule has 1 heterocycles. The van der Waals surface area contributed by atoms with E-state index in [1.54, 1.807) is 19.1 Å². The monoisotopic (exact) mass is 535 g/mol. The highest BCUT2D eigenvalue weighted by Crippen LogP contribution is 2.21. The molecule has 0 aliphatic carbocycles. The van der Waals surface area contributed by atoms with E-state index in [4.69, 9.17) is 4.42 Å². The summed E-state index contributed by atoms with van der Waals surface area (Å²) in [5, 5.41) is 16.7. The standard InChI is InChI=1S/C20H29N3O4S.HI/c1-3-21-19(23-16-20(2,24)18-11-7-13-27-18)22-12-8-14-28(25,26)15-17-9-5-4-6-10-17;/h4-7,9-11,13,24H,3,8,12,14-16H2,1-2H3,(H2,21,22,23);1H. The zero-order valence-corrected chi connectivity index (χ0v) is 19.9. The van der Waals surface area contributed by atoms with Crippen LogP contribution in [0.5, 0.6) is 0 Å². The number of hydrogen-bond donors (Lipinski definition) is 3. The number of sulfone groups is 1. The van der Waals surface area contributed by atoms with Crippen molar-refractivity contribution in [1.29, 1.82) is 0 Å². The predicted molar refractivity (Wildman–Crippen MR) is 126 cm³/mol. The van der Waals surface area contributed by atoms with Gasteiger partial charge in [0.2, 0.25) is 0 Å². The van der Waals surface area contributed by atoms with E-state index in [0.717, 1.165) is 5.56 Å². The zero-order chi connectivity index (χ0) is 20.5. The SMILES string of the molecule is CCNC(=NCC(C)(O)c1ccco1)NCCCS(=O)(=O)Cc1ccccc1.I. The van der Waals surface area contributed by atoms with Crippen LogP contribution in [0.2, 0.25) is 0 Å². The first-order valence-electron chi connectivity index (χ1n) is 9.35. The summed E-state index contributed by atoms with van der Waals surface area (Å²) in [6.07, 6.45) is 1.97. The quantitative estimate of drug-likeness (QED) is 0.187. The van der Waals surface area contributed by atoms with E-state index < -0.39 is 15.4 Å². The minimum absolute atomic E-state index is 0. The van der Waals surface area contributed by atoms with E-state index in [-0.39, 0.29) is 42.0 Å². The van der Waals surface area contributed by atoms with Gasteiger partial charge in [-0.1, -0.05) is 30.3 Å². The topological polar surface area (TPSA) is 104 Å². The number of rotatable bonds is 10. The molecule has 162 valence electrons. The van der Waals surface area contributed by atoms with Crippen molar-refractivity contribution in [3.05, 3.63) is 60.1 Å². The van der Waals surface area contributed by atoms with Gasteiger partial charge in [-0.25, -0.2) is 13.4 Å². The molecule has 1 aromatic heterocycles. The van der Waals surface area contributed by atoms with E-state index >= 15 is 0 Å². The number of nitrogens with zero attached hydrogens (tertiary/aromatic N) is 1. The Bertz CT molecular complexity index is 838. The Kier molecular flexibility index (Phi) is 10.7. The molecule has 0 fully saturated rings. The van der Waals surface area contributed by atoms with E-state index in [0.29, 0.717) is 31.2 Å². The largest absolute Gasteiger partial charge is 0.466 e. The molecule has 0 bridgehead atoms. The predicted octanol–water partition coefficient (Wildman–Crippen LogP) is 2.67. The molecule has 1 unspecified atom stereocenters. The van der Waals surface area contributed by atoms with Crippen LogP contribution in [0.4, 0.5) is 0 Å². The molecular weight excluding hydrogens is 505 g/mol. The number of nitrogens with one attached hydrogen (secondary N) is 2. The highest BCUT2D eigenvalue weighted by atomic mass is 127. The summed E-state index contributed by atoms with van der Waals surface area (Å²) >= 11 is 0. The van der Waals surface area contributed by atoms with E-state index in [2.05, 4.69) is 15.6 Å². The lowest BCUT2D eigenvalue weighted by Crippen LogP contribution is -2.39. The van der Waals surface area contributed by atoms with Gasteiger partial charge in [0.25, 0.3) is 0 Å². The minimum Gasteiger partial charge on any atom is -0.466 e. The van der Waals surface area contributed by atoms with E-state index in [1.807, 2.05) is 37.3 Å². The highest BCUT2D eigenvalue weighted by molar-refractivity contribution is 14.0. The number of hydrogen-bond acceptors (Lipinski definition) is 5. The molecule has 2 rings (SSSR count). The van der Waals surface area contributed by atoms with Crippen LogP contribution in [0.3, 0.4) is 0 Å². The molecule has 2 aromatic rings. The van der Waals surface area contributed by atoms with Gasteiger partial charge < -0.3 is 20.2 Å². The van der Waals surface area contributed by atoms with Crippen LogP contribution in [0.15, 0.2) is 58.1 Å². The number of guanidine groups is 1. The maximum atomic E-state index is 12.2. The highest BCUT2D eigenvalue weighted by Gasteiger charge is 2.26. The van der Waals surface area contributed by atoms with Gasteiger partial charge in [0, 0.05) is 13.1 Å². The first kappa shape index (κ1) is 25.4. The van der Waals surface area contributed by atoms with Crippen LogP contribution >= 0.6 is 24.0 Å². The van der Waals surface area contributed by atoms with Gasteiger partial charge in [-0.3, -0.25) is 0 Å². The summed E-state index contributed by atoms with van der Waals surface area (Å²) in [4.78, 5) is 4.38. The lowest BCUT2D eigenvalue weighted by atomic mass is 10.0. The van der Waals surface area contributed by atoms with Gasteiger partial charge >= 0.3 is 0 Å². The molecule has 0 aliphatic heterocycles. The normalized spacial score (nSPS) is 14.0. The lowest BCUT2D eigenvalue weighted by Gasteiger charge is -2.19. The van der Waals surface area contributed by atoms with Gasteiger partial charge in [0.05, 0.1) is 24.3 Å². The Balaban J connectivity index is 0.00000420. The van der Waals surface area contributed by atoms with Crippen LogP contribution in [0, 0.1) is 0 Å². The smallest absolute Gasteiger partial charge is 0.191 e. The van der Waals surface area contributed by atoms with Crippen LogP contribution in [0.1, 0.15) is 31.6 Å². The third kappa shape index (κ3) is 9.18. The van der Waals surface area contributed by atoms with Gasteiger partial charge in [-0.2, -0.15) is 0 Å². The molecule has 7 nitrogen and oxygen atoms in total. The summed E-state index contributed by atoms with van der Waals surface area (Å²) in [7, 11) is -3.16. The fourth-order valence-electron chi connectivity index (χ4n) is 2.64. The summed E-state index contributed by atoms with van der Waals surface area (Å²) in [5.41, 5.74) is -0.421. The Morgan fingerprint density at radius 3 is 2.52 bits per heavy atom. The first-order chi connectivity index (χ1) is 13.3. The molecule has 0 saturated heterocycles. The molecular formula is C20H30IN3O4S. The summed E-state index contributed by atoms with van der Waals surface area (Å²) in [6.45, 7) is 4.80. The van der Waals surface area contributed by atoms with E-state index in [9.17, 15) is 13.5 Å². The maximum absolute atomic E-state index is 12.2. The van der Waals surface area contributed by atoms with Crippen LogP contribution in [0.25, 0.3) is 0 Å². The van der Waals surface area contributed by atoms with Crippen molar-refractivity contribution in [1.82, 2.24) is 10.6 Å². The number of aliphatic hydroxyl groups is 1. The summed E-state index contributed by atoms with van der Waals surface area (Å²) in [5.74, 6) is 1.11. The third-order valence-corrected chi connectivity index (χ3v) is 5.78. The average Bonchev–Trinajstić information content (AvgIpc) is 3.19. The average molecular weight is 535 g/mol. The summed E-state index contributed by atoms with van der Waals surface area (Å²) in [6, 6.07) is 12.6. The zero-order valence-electron chi connectivity index (χ0n) is 16.8. The Morgan fingerprint density at radius 2 is 1.90 bits per heavy atom. The van der Waals surface area contributed by atoms with Gasteiger partial charge in [0.1, 0.15) is 11.4 Å². The molecule has 0 spiro atoms. The van der Waals surface area contributed by atoms with Crippen LogP contribution in [-0.2, 0) is 21.2 Å². The number of halogens is 1. The Labute approximate surface area is 189 Å². The van der Waals surface area contributed by atoms with Crippen molar-refractivity contribution in [2.75, 3.05) is 25.4 Å². The van der Waals surface area contributed by atoms with Crippen molar-refractivity contribution < 1.29 is 17.9 Å². The van der Waals surface area contributed by atoms with E-state index in [1.165, 1.54) is 6.26 Å². The number of benzene rings is 1. The fourth-order valence-corrected chi connectivity index (χ4v) is 4.07. The van der Waals surface area contributed by atoms with Crippen molar-refractivity contribution in [3.8, 4) is 0 Å². The number of aliphatic imine (C=N–C) groups is 1. The molecule has 0 aliphatic rings.